The first-order valence-corrected chi connectivity index (χ1v) is 9.33. The summed E-state index contributed by atoms with van der Waals surface area (Å²) in [4.78, 5) is 12.0. The zero-order valence-electron chi connectivity index (χ0n) is 16.3. The van der Waals surface area contributed by atoms with Gasteiger partial charge in [-0.3, -0.25) is 0 Å². The van der Waals surface area contributed by atoms with Gasteiger partial charge in [0.15, 0.2) is 0 Å². The molecule has 26 heavy (non-hydrogen) atoms. The van der Waals surface area contributed by atoms with Crippen molar-refractivity contribution in [1.82, 2.24) is 10.6 Å². The summed E-state index contributed by atoms with van der Waals surface area (Å²) in [5.41, 5.74) is 4.68. The Hall–Kier alpha value is -2.49. The fourth-order valence-corrected chi connectivity index (χ4v) is 2.85. The molecule has 0 aliphatic rings. The molecule has 0 aliphatic carbocycles. The smallest absolute Gasteiger partial charge is 0.315 e. The second-order valence-corrected chi connectivity index (χ2v) is 6.64. The maximum Gasteiger partial charge on any atom is 0.315 e. The molecule has 0 bridgehead atoms. The lowest BCUT2D eigenvalue weighted by Crippen LogP contribution is -2.37. The zero-order valence-corrected chi connectivity index (χ0v) is 16.3. The molecule has 0 fully saturated rings. The highest BCUT2D eigenvalue weighted by Crippen LogP contribution is 2.22. The molecular weight excluding hydrogens is 324 g/mol. The summed E-state index contributed by atoms with van der Waals surface area (Å²) in [7, 11) is 0. The minimum absolute atomic E-state index is 0.0215. The predicted octanol–water partition coefficient (Wildman–Crippen LogP) is 4.70. The lowest BCUT2D eigenvalue weighted by molar-refractivity contribution is 0.236. The summed E-state index contributed by atoms with van der Waals surface area (Å²) in [6.45, 7) is 9.38. The summed E-state index contributed by atoms with van der Waals surface area (Å²) in [6, 6.07) is 14.3. The lowest BCUT2D eigenvalue weighted by Gasteiger charge is -2.16. The average Bonchev–Trinajstić information content (AvgIpc) is 2.63. The van der Waals surface area contributed by atoms with Gasteiger partial charge >= 0.3 is 6.03 Å². The highest BCUT2D eigenvalue weighted by atomic mass is 16.5. The van der Waals surface area contributed by atoms with Gasteiger partial charge in [-0.2, -0.15) is 0 Å². The Morgan fingerprint density at radius 2 is 1.73 bits per heavy atom. The Bertz CT molecular complexity index is 690. The van der Waals surface area contributed by atoms with Crippen LogP contribution in [0.1, 0.15) is 48.6 Å². The van der Waals surface area contributed by atoms with Gasteiger partial charge in [0.25, 0.3) is 0 Å². The number of hydrogen-bond donors (Lipinski definition) is 2. The van der Waals surface area contributed by atoms with Crippen molar-refractivity contribution >= 4 is 6.03 Å². The third kappa shape index (κ3) is 5.80. The van der Waals surface area contributed by atoms with E-state index in [0.717, 1.165) is 35.3 Å². The van der Waals surface area contributed by atoms with Gasteiger partial charge in [0.1, 0.15) is 5.75 Å². The van der Waals surface area contributed by atoms with Crippen molar-refractivity contribution in [3.63, 3.8) is 0 Å². The minimum Gasteiger partial charge on any atom is -0.493 e. The minimum atomic E-state index is -0.149. The first kappa shape index (κ1) is 19.8. The number of rotatable bonds is 8. The Balaban J connectivity index is 1.68. The van der Waals surface area contributed by atoms with E-state index >= 15 is 0 Å². The largest absolute Gasteiger partial charge is 0.493 e. The molecule has 2 aromatic rings. The predicted molar refractivity (Wildman–Crippen MR) is 107 cm³/mol. The van der Waals surface area contributed by atoms with Crippen molar-refractivity contribution in [2.45, 2.75) is 46.6 Å². The van der Waals surface area contributed by atoms with Gasteiger partial charge in [-0.25, -0.2) is 4.79 Å². The molecule has 140 valence electrons. The molecule has 0 aromatic heterocycles. The average molecular weight is 354 g/mol. The normalized spacial score (nSPS) is 11.7. The summed E-state index contributed by atoms with van der Waals surface area (Å²) in [5, 5.41) is 5.86. The number of para-hydroxylation sites is 1. The molecule has 1 atom stereocenters. The summed E-state index contributed by atoms with van der Waals surface area (Å²) >= 11 is 0. The fourth-order valence-electron chi connectivity index (χ4n) is 2.85. The molecular formula is C22H30N2O2. The number of nitrogens with one attached hydrogen (secondary N) is 2. The van der Waals surface area contributed by atoms with E-state index in [2.05, 4.69) is 41.8 Å². The molecule has 2 N–H and O–H groups in total. The third-order valence-corrected chi connectivity index (χ3v) is 4.50. The maximum atomic E-state index is 12.0. The van der Waals surface area contributed by atoms with E-state index in [1.54, 1.807) is 0 Å². The number of urea groups is 1. The molecule has 2 rings (SSSR count). The maximum absolute atomic E-state index is 12.0. The molecule has 4 nitrogen and oxygen atoms in total. The van der Waals surface area contributed by atoms with Crippen LogP contribution in [0.2, 0.25) is 0 Å². The third-order valence-electron chi connectivity index (χ3n) is 4.50. The van der Waals surface area contributed by atoms with Crippen molar-refractivity contribution in [1.29, 1.82) is 0 Å². The van der Waals surface area contributed by atoms with Crippen molar-refractivity contribution in [2.75, 3.05) is 13.2 Å². The summed E-state index contributed by atoms with van der Waals surface area (Å²) < 4.78 is 5.85. The van der Waals surface area contributed by atoms with E-state index < -0.39 is 0 Å². The van der Waals surface area contributed by atoms with Crippen LogP contribution in [0, 0.1) is 13.8 Å². The quantitative estimate of drug-likeness (QED) is 0.675. The Morgan fingerprint density at radius 3 is 2.35 bits per heavy atom. The van der Waals surface area contributed by atoms with Gasteiger partial charge in [0, 0.05) is 6.54 Å². The first-order valence-electron chi connectivity index (χ1n) is 9.33. The Morgan fingerprint density at radius 1 is 1.08 bits per heavy atom. The monoisotopic (exact) mass is 354 g/mol. The lowest BCUT2D eigenvalue weighted by atomic mass is 10.1. The van der Waals surface area contributed by atoms with E-state index in [9.17, 15) is 4.79 Å². The van der Waals surface area contributed by atoms with Gasteiger partial charge in [0.05, 0.1) is 12.6 Å². The Labute approximate surface area is 157 Å². The van der Waals surface area contributed by atoms with Crippen molar-refractivity contribution in [3.8, 4) is 5.75 Å². The molecule has 4 heteroatoms. The number of carbonyl (C=O) groups excluding carboxylic acids is 1. The number of hydrogen-bond acceptors (Lipinski definition) is 2. The molecule has 0 radical (unpaired) electrons. The van der Waals surface area contributed by atoms with Crippen molar-refractivity contribution in [2.24, 2.45) is 0 Å². The van der Waals surface area contributed by atoms with Crippen LogP contribution >= 0.6 is 0 Å². The topological polar surface area (TPSA) is 50.4 Å². The molecule has 0 aliphatic heterocycles. The fraction of sp³-hybridized carbons (Fsp3) is 0.409. The van der Waals surface area contributed by atoms with Crippen LogP contribution in [0.4, 0.5) is 4.79 Å². The first-order chi connectivity index (χ1) is 12.5. The van der Waals surface area contributed by atoms with E-state index in [-0.39, 0.29) is 12.1 Å². The summed E-state index contributed by atoms with van der Waals surface area (Å²) in [5.74, 6) is 0.945. The van der Waals surface area contributed by atoms with Gasteiger partial charge in [0.2, 0.25) is 0 Å². The molecule has 0 saturated carbocycles. The highest BCUT2D eigenvalue weighted by molar-refractivity contribution is 5.74. The number of ether oxygens (including phenoxy) is 1. The molecule has 2 amide bonds. The van der Waals surface area contributed by atoms with Gasteiger partial charge in [-0.05, 0) is 55.9 Å². The van der Waals surface area contributed by atoms with E-state index in [4.69, 9.17) is 4.74 Å². The number of amides is 2. The Kier molecular flexibility index (Phi) is 7.52. The number of carbonyl (C=O) groups is 1. The van der Waals surface area contributed by atoms with Crippen molar-refractivity contribution < 1.29 is 9.53 Å². The standard InChI is InChI=1S/C22H30N2O2/c1-5-19-10-12-20(13-11-19)18(4)24-22(25)23-14-7-15-26-21-16(2)8-6-9-17(21)3/h6,8-13,18H,5,7,14-15H2,1-4H3,(H2,23,24,25). The number of aryl methyl sites for hydroxylation is 3. The molecule has 0 spiro atoms. The number of benzene rings is 2. The van der Waals surface area contributed by atoms with Crippen molar-refractivity contribution in [3.05, 3.63) is 64.7 Å². The van der Waals surface area contributed by atoms with Crippen LogP contribution in [0.25, 0.3) is 0 Å². The van der Waals surface area contributed by atoms with Crippen LogP contribution < -0.4 is 15.4 Å². The second kappa shape index (κ2) is 9.85. The van der Waals surface area contributed by atoms with Gasteiger partial charge in [-0.1, -0.05) is 49.4 Å². The van der Waals surface area contributed by atoms with Crippen LogP contribution in [0.5, 0.6) is 5.75 Å². The highest BCUT2D eigenvalue weighted by Gasteiger charge is 2.09. The van der Waals surface area contributed by atoms with Gasteiger partial charge < -0.3 is 15.4 Å². The van der Waals surface area contributed by atoms with Gasteiger partial charge in [-0.15, -0.1) is 0 Å². The van der Waals surface area contributed by atoms with E-state index in [1.807, 2.05) is 39.0 Å². The molecule has 0 heterocycles. The van der Waals surface area contributed by atoms with Crippen LogP contribution in [0.3, 0.4) is 0 Å². The van der Waals surface area contributed by atoms with Crippen LogP contribution in [0.15, 0.2) is 42.5 Å². The summed E-state index contributed by atoms with van der Waals surface area (Å²) in [6.07, 6.45) is 1.79. The molecule has 0 saturated heterocycles. The van der Waals surface area contributed by atoms with Crippen LogP contribution in [-0.4, -0.2) is 19.2 Å². The second-order valence-electron chi connectivity index (χ2n) is 6.64. The molecule has 1 unspecified atom stereocenters. The van der Waals surface area contributed by atoms with E-state index in [1.165, 1.54) is 5.56 Å². The zero-order chi connectivity index (χ0) is 18.9. The van der Waals surface area contributed by atoms with Crippen LogP contribution in [-0.2, 0) is 6.42 Å². The molecule has 2 aromatic carbocycles. The van der Waals surface area contributed by atoms with E-state index in [0.29, 0.717) is 13.2 Å². The SMILES string of the molecule is CCc1ccc(C(C)NC(=O)NCCCOc2c(C)cccc2C)cc1.